The van der Waals surface area contributed by atoms with Gasteiger partial charge in [-0.25, -0.2) is 4.79 Å². The molecule has 0 aromatic heterocycles. The van der Waals surface area contributed by atoms with E-state index in [0.717, 1.165) is 18.4 Å². The highest BCUT2D eigenvalue weighted by Crippen LogP contribution is 2.48. The minimum absolute atomic E-state index is 0.00869. The number of ether oxygens (including phenoxy) is 6. The minimum Gasteiger partial charge on any atom is -0.496 e. The molecule has 6 rings (SSSR count). The van der Waals surface area contributed by atoms with Crippen LogP contribution in [-0.2, 0) is 28.5 Å². The zero-order valence-electron chi connectivity index (χ0n) is 31.6. The molecule has 10 nitrogen and oxygen atoms in total. The van der Waals surface area contributed by atoms with Gasteiger partial charge in [0.05, 0.1) is 25.9 Å². The number of rotatable bonds is 5. The largest absolute Gasteiger partial charge is 0.496 e. The second-order valence-electron chi connectivity index (χ2n) is 15.7. The fourth-order valence-corrected chi connectivity index (χ4v) is 8.73. The summed E-state index contributed by atoms with van der Waals surface area (Å²) in [4.78, 5) is 27.8. The van der Waals surface area contributed by atoms with E-state index in [2.05, 4.69) is 26.8 Å². The first kappa shape index (κ1) is 38.4. The van der Waals surface area contributed by atoms with Gasteiger partial charge in [-0.3, -0.25) is 4.79 Å². The average molecular weight is 721 g/mol. The van der Waals surface area contributed by atoms with Gasteiger partial charge < -0.3 is 38.6 Å². The highest BCUT2D eigenvalue weighted by atomic mass is 16.7. The van der Waals surface area contributed by atoms with E-state index in [1.165, 1.54) is 7.11 Å². The van der Waals surface area contributed by atoms with Gasteiger partial charge in [0.2, 0.25) is 0 Å². The summed E-state index contributed by atoms with van der Waals surface area (Å²) in [7, 11) is 1.52. The van der Waals surface area contributed by atoms with Gasteiger partial charge in [-0.05, 0) is 67.4 Å². The third kappa shape index (κ3) is 7.42. The SMILES string of the molecule is CCC(C)[C@H]1O[C@]2(CC[C@@H]1C)C[C@@H]1C[C@@H](C/C=C(\C)[C@@H](OC(=O)c3ccccc3OC)[C@@H](C)/C=C/C=C3\CO[C@@H]4[C@H](O)C(C)=C[C@@H](C(=O)O1)[C@]34O)O2. The molecule has 52 heavy (non-hydrogen) atoms. The van der Waals surface area contributed by atoms with E-state index in [4.69, 9.17) is 28.4 Å². The van der Waals surface area contributed by atoms with Gasteiger partial charge in [0, 0.05) is 25.2 Å². The molecule has 0 radical (unpaired) electrons. The first-order valence-electron chi connectivity index (χ1n) is 18.9. The summed E-state index contributed by atoms with van der Waals surface area (Å²) in [5.74, 6) is -2.31. The third-order valence-electron chi connectivity index (χ3n) is 12.0. The van der Waals surface area contributed by atoms with Gasteiger partial charge in [0.15, 0.2) is 5.79 Å². The van der Waals surface area contributed by atoms with Crippen molar-refractivity contribution in [3.05, 3.63) is 76.9 Å². The van der Waals surface area contributed by atoms with Crippen LogP contribution in [-0.4, -0.2) is 83.9 Å². The Morgan fingerprint density at radius 1 is 1.12 bits per heavy atom. The van der Waals surface area contributed by atoms with Crippen molar-refractivity contribution in [2.75, 3.05) is 13.7 Å². The van der Waals surface area contributed by atoms with E-state index in [9.17, 15) is 19.8 Å². The van der Waals surface area contributed by atoms with Crippen molar-refractivity contribution in [1.82, 2.24) is 0 Å². The molecule has 3 fully saturated rings. The molecule has 5 aliphatic rings. The maximum atomic E-state index is 14.2. The number of hydrogen-bond donors (Lipinski definition) is 2. The fourth-order valence-electron chi connectivity index (χ4n) is 8.73. The normalized spacial score (nSPS) is 41.3. The lowest BCUT2D eigenvalue weighted by atomic mass is 9.71. The predicted octanol–water partition coefficient (Wildman–Crippen LogP) is 6.40. The Kier molecular flexibility index (Phi) is 11.5. The molecule has 0 amide bonds. The van der Waals surface area contributed by atoms with Crippen LogP contribution >= 0.6 is 0 Å². The maximum Gasteiger partial charge on any atom is 0.342 e. The quantitative estimate of drug-likeness (QED) is 0.260. The number of para-hydroxylation sites is 1. The van der Waals surface area contributed by atoms with Crippen molar-refractivity contribution >= 4 is 11.9 Å². The molecule has 2 bridgehead atoms. The monoisotopic (exact) mass is 720 g/mol. The van der Waals surface area contributed by atoms with Crippen LogP contribution in [0.25, 0.3) is 0 Å². The van der Waals surface area contributed by atoms with Crippen LogP contribution in [0.3, 0.4) is 0 Å². The molecule has 0 saturated carbocycles. The number of methoxy groups -OCH3 is 1. The number of esters is 2. The molecule has 1 spiro atoms. The average Bonchev–Trinajstić information content (AvgIpc) is 3.47. The number of aliphatic hydroxyl groups excluding tert-OH is 1. The second kappa shape index (κ2) is 15.6. The summed E-state index contributed by atoms with van der Waals surface area (Å²) in [5.41, 5.74) is 0.333. The zero-order chi connectivity index (χ0) is 37.4. The van der Waals surface area contributed by atoms with Crippen LogP contribution in [0.4, 0.5) is 0 Å². The summed E-state index contributed by atoms with van der Waals surface area (Å²) in [5, 5.41) is 23.4. The number of carbonyl (C=O) groups excluding carboxylic acids is 2. The molecule has 1 unspecified atom stereocenters. The van der Waals surface area contributed by atoms with Gasteiger partial charge >= 0.3 is 11.9 Å². The highest BCUT2D eigenvalue weighted by molar-refractivity contribution is 5.92. The lowest BCUT2D eigenvalue weighted by Gasteiger charge is -2.51. The topological polar surface area (TPSA) is 130 Å². The lowest BCUT2D eigenvalue weighted by molar-refractivity contribution is -0.340. The summed E-state index contributed by atoms with van der Waals surface area (Å²) in [6.45, 7) is 12.3. The van der Waals surface area contributed by atoms with Gasteiger partial charge in [-0.2, -0.15) is 0 Å². The minimum atomic E-state index is -1.83. The van der Waals surface area contributed by atoms with E-state index < -0.39 is 53.7 Å². The number of fused-ring (bicyclic) bond motifs is 2. The smallest absolute Gasteiger partial charge is 0.342 e. The first-order valence-corrected chi connectivity index (χ1v) is 18.9. The Labute approximate surface area is 307 Å². The van der Waals surface area contributed by atoms with Crippen molar-refractivity contribution in [2.45, 2.75) is 128 Å². The van der Waals surface area contributed by atoms with Gasteiger partial charge in [0.1, 0.15) is 47.2 Å². The molecule has 284 valence electrons. The number of allylic oxidation sites excluding steroid dienone is 2. The van der Waals surface area contributed by atoms with Crippen LogP contribution < -0.4 is 4.74 Å². The molecule has 4 aliphatic heterocycles. The zero-order valence-corrected chi connectivity index (χ0v) is 31.6. The number of carbonyl (C=O) groups is 2. The standard InChI is InChI=1S/C42H56O10/c1-8-24(2)37-27(5)18-19-41(52-37)22-31-21-30(51-41)17-16-26(4)36(50-39(44)32-14-9-10-15-34(32)47-7)25(3)12-11-13-29-23-48-38-35(43)28(6)20-33(40(45)49-31)42(29,38)46/h9-16,20,24-25,27,30-31,33,35-38,43,46H,8,17-19,21-23H2,1-7H3/b12-11+,26-16+,29-13+/t24?,25-,27-,30+,31-,33-,35+,36-,37+,38+,41+,42+/m0/s1. The number of hydrogen-bond acceptors (Lipinski definition) is 10. The molecule has 3 saturated heterocycles. The Hall–Kier alpha value is -3.28. The lowest BCUT2D eigenvalue weighted by Crippen LogP contribution is -2.58. The van der Waals surface area contributed by atoms with Crippen LogP contribution in [0.5, 0.6) is 5.75 Å². The Morgan fingerprint density at radius 2 is 1.88 bits per heavy atom. The van der Waals surface area contributed by atoms with Gasteiger partial charge in [-0.15, -0.1) is 0 Å². The van der Waals surface area contributed by atoms with E-state index in [1.54, 1.807) is 49.4 Å². The predicted molar refractivity (Wildman–Crippen MR) is 194 cm³/mol. The van der Waals surface area contributed by atoms with E-state index in [0.29, 0.717) is 60.0 Å². The van der Waals surface area contributed by atoms with Crippen molar-refractivity contribution in [1.29, 1.82) is 0 Å². The van der Waals surface area contributed by atoms with Crippen molar-refractivity contribution in [2.24, 2.45) is 23.7 Å². The van der Waals surface area contributed by atoms with Crippen LogP contribution in [0.15, 0.2) is 71.4 Å². The summed E-state index contributed by atoms with van der Waals surface area (Å²) >= 11 is 0. The van der Waals surface area contributed by atoms with Crippen molar-refractivity contribution in [3.63, 3.8) is 0 Å². The molecule has 1 aromatic carbocycles. The molecular weight excluding hydrogens is 664 g/mol. The Bertz CT molecular complexity index is 1610. The second-order valence-corrected chi connectivity index (χ2v) is 15.7. The van der Waals surface area contributed by atoms with Gasteiger partial charge in [0.25, 0.3) is 0 Å². The molecule has 10 heteroatoms. The molecule has 1 aromatic rings. The summed E-state index contributed by atoms with van der Waals surface area (Å²) in [6.07, 6.45) is 9.20. The third-order valence-corrected chi connectivity index (χ3v) is 12.0. The van der Waals surface area contributed by atoms with Crippen LogP contribution in [0.1, 0.15) is 90.4 Å². The summed E-state index contributed by atoms with van der Waals surface area (Å²) in [6, 6.07) is 6.97. The number of benzene rings is 1. The van der Waals surface area contributed by atoms with Crippen molar-refractivity contribution < 1.29 is 48.2 Å². The maximum absolute atomic E-state index is 14.2. The highest BCUT2D eigenvalue weighted by Gasteiger charge is 2.60. The number of aliphatic hydroxyl groups is 2. The molecule has 4 heterocycles. The van der Waals surface area contributed by atoms with Gasteiger partial charge in [-0.1, -0.05) is 76.6 Å². The first-order chi connectivity index (χ1) is 24.8. The molecule has 2 N–H and O–H groups in total. The molecule has 1 aliphatic carbocycles. The fraction of sp³-hybridized carbons (Fsp3) is 0.619. The Balaban J connectivity index is 1.40. The van der Waals surface area contributed by atoms with Crippen molar-refractivity contribution in [3.8, 4) is 5.75 Å². The van der Waals surface area contributed by atoms with E-state index >= 15 is 0 Å². The molecule has 12 atom stereocenters. The summed E-state index contributed by atoms with van der Waals surface area (Å²) < 4.78 is 37.8. The van der Waals surface area contributed by atoms with Crippen LogP contribution in [0, 0.1) is 23.7 Å². The van der Waals surface area contributed by atoms with E-state index in [1.807, 2.05) is 19.9 Å². The Morgan fingerprint density at radius 3 is 2.63 bits per heavy atom. The van der Waals surface area contributed by atoms with Crippen LogP contribution in [0.2, 0.25) is 0 Å². The van der Waals surface area contributed by atoms with E-state index in [-0.39, 0.29) is 24.7 Å². The molecular formula is C42H56O10.